The van der Waals surface area contributed by atoms with Gasteiger partial charge in [-0.1, -0.05) is 12.1 Å². The van der Waals surface area contributed by atoms with E-state index in [-0.39, 0.29) is 11.8 Å². The molecule has 2 heterocycles. The van der Waals surface area contributed by atoms with Crippen LogP contribution in [0.1, 0.15) is 17.0 Å². The molecule has 8 nitrogen and oxygen atoms in total. The van der Waals surface area contributed by atoms with Crippen LogP contribution in [0.4, 0.5) is 14.9 Å². The van der Waals surface area contributed by atoms with Crippen LogP contribution in [0, 0.1) is 19.7 Å². The lowest BCUT2D eigenvalue weighted by Gasteiger charge is -2.36. The first-order valence-corrected chi connectivity index (χ1v) is 10.5. The molecule has 32 heavy (non-hydrogen) atoms. The summed E-state index contributed by atoms with van der Waals surface area (Å²) in [5.74, 6) is 1.14. The van der Waals surface area contributed by atoms with Gasteiger partial charge in [0, 0.05) is 44.5 Å². The molecule has 1 aliphatic heterocycles. The summed E-state index contributed by atoms with van der Waals surface area (Å²) in [7, 11) is 1.63. The molecule has 3 aromatic rings. The van der Waals surface area contributed by atoms with Crippen LogP contribution < -0.4 is 15.0 Å². The summed E-state index contributed by atoms with van der Waals surface area (Å²) in [6.45, 7) is 6.47. The van der Waals surface area contributed by atoms with E-state index < -0.39 is 0 Å². The number of aromatic nitrogens is 3. The number of ether oxygens (including phenoxy) is 1. The second-order valence-corrected chi connectivity index (χ2v) is 7.81. The molecule has 4 rings (SSSR count). The van der Waals surface area contributed by atoms with Crippen LogP contribution in [0.3, 0.4) is 0 Å². The minimum absolute atomic E-state index is 0.139. The Morgan fingerprint density at radius 1 is 1.12 bits per heavy atom. The highest BCUT2D eigenvalue weighted by atomic mass is 19.1. The molecule has 168 valence electrons. The SMILES string of the molecule is COc1cc(N2CCN(C(=O)NCc3ccc(C)c(F)c3)CC2)ccc1-n1cnc(C)n1. The molecule has 1 N–H and O–H groups in total. The van der Waals surface area contributed by atoms with Gasteiger partial charge < -0.3 is 19.9 Å². The fourth-order valence-electron chi connectivity index (χ4n) is 3.72. The Labute approximate surface area is 186 Å². The van der Waals surface area contributed by atoms with Gasteiger partial charge in [0.15, 0.2) is 0 Å². The van der Waals surface area contributed by atoms with Crippen molar-refractivity contribution in [2.75, 3.05) is 38.2 Å². The molecule has 2 amide bonds. The van der Waals surface area contributed by atoms with Gasteiger partial charge in [0.05, 0.1) is 7.11 Å². The summed E-state index contributed by atoms with van der Waals surface area (Å²) < 4.78 is 21.0. The van der Waals surface area contributed by atoms with Gasteiger partial charge in [-0.2, -0.15) is 5.10 Å². The number of carbonyl (C=O) groups excluding carboxylic acids is 1. The molecule has 9 heteroatoms. The van der Waals surface area contributed by atoms with Crippen molar-refractivity contribution in [1.82, 2.24) is 25.0 Å². The molecular formula is C23H27FN6O2. The Hall–Kier alpha value is -3.62. The topological polar surface area (TPSA) is 75.5 Å². The van der Waals surface area contributed by atoms with E-state index in [0.717, 1.165) is 16.9 Å². The average Bonchev–Trinajstić information content (AvgIpc) is 3.25. The van der Waals surface area contributed by atoms with E-state index in [4.69, 9.17) is 4.74 Å². The molecule has 1 fully saturated rings. The lowest BCUT2D eigenvalue weighted by molar-refractivity contribution is 0.194. The van der Waals surface area contributed by atoms with Crippen molar-refractivity contribution in [3.05, 3.63) is 65.5 Å². The fourth-order valence-corrected chi connectivity index (χ4v) is 3.72. The summed E-state index contributed by atoms with van der Waals surface area (Å²) in [6, 6.07) is 10.8. The number of halogens is 1. The van der Waals surface area contributed by atoms with Crippen LogP contribution in [-0.2, 0) is 6.54 Å². The molecule has 2 aromatic carbocycles. The number of nitrogens with one attached hydrogen (secondary N) is 1. The van der Waals surface area contributed by atoms with Crippen molar-refractivity contribution in [1.29, 1.82) is 0 Å². The zero-order valence-corrected chi connectivity index (χ0v) is 18.5. The number of nitrogens with zero attached hydrogens (tertiary/aromatic N) is 5. The van der Waals surface area contributed by atoms with E-state index in [1.54, 1.807) is 36.0 Å². The summed E-state index contributed by atoms with van der Waals surface area (Å²) >= 11 is 0. The first-order chi connectivity index (χ1) is 15.4. The zero-order valence-electron chi connectivity index (χ0n) is 18.5. The van der Waals surface area contributed by atoms with Crippen molar-refractivity contribution in [2.24, 2.45) is 0 Å². The summed E-state index contributed by atoms with van der Waals surface area (Å²) in [5, 5.41) is 7.23. The number of amides is 2. The summed E-state index contributed by atoms with van der Waals surface area (Å²) in [4.78, 5) is 20.7. The largest absolute Gasteiger partial charge is 0.494 e. The van der Waals surface area contributed by atoms with Crippen LogP contribution in [-0.4, -0.2) is 59.0 Å². The normalized spacial score (nSPS) is 13.9. The van der Waals surface area contributed by atoms with Crippen LogP contribution >= 0.6 is 0 Å². The molecule has 0 unspecified atom stereocenters. The van der Waals surface area contributed by atoms with E-state index in [1.165, 1.54) is 6.07 Å². The lowest BCUT2D eigenvalue weighted by atomic mass is 10.1. The molecule has 1 aliphatic rings. The maximum Gasteiger partial charge on any atom is 0.317 e. The highest BCUT2D eigenvalue weighted by Gasteiger charge is 2.22. The predicted molar refractivity (Wildman–Crippen MR) is 120 cm³/mol. The zero-order chi connectivity index (χ0) is 22.7. The van der Waals surface area contributed by atoms with Crippen molar-refractivity contribution in [2.45, 2.75) is 20.4 Å². The standard InChI is InChI=1S/C23H27FN6O2/c1-16-4-5-18(12-20(16)24)14-25-23(31)29-10-8-28(9-11-29)19-6-7-21(22(13-19)32-3)30-15-26-17(2)27-30/h4-7,12-13,15H,8-11,14H2,1-3H3,(H,25,31). The maximum absolute atomic E-state index is 13.7. The van der Waals surface area contributed by atoms with Gasteiger partial charge in [-0.15, -0.1) is 0 Å². The third-order valence-corrected chi connectivity index (χ3v) is 5.63. The van der Waals surface area contributed by atoms with Gasteiger partial charge in [-0.3, -0.25) is 0 Å². The molecule has 1 aromatic heterocycles. The summed E-state index contributed by atoms with van der Waals surface area (Å²) in [6.07, 6.45) is 1.66. The molecule has 0 aliphatic carbocycles. The molecule has 0 saturated carbocycles. The predicted octanol–water partition coefficient (Wildman–Crippen LogP) is 3.06. The molecule has 0 bridgehead atoms. The molecule has 1 saturated heterocycles. The first kappa shape index (κ1) is 21.6. The number of benzene rings is 2. The van der Waals surface area contributed by atoms with Gasteiger partial charge in [0.2, 0.25) is 0 Å². The Morgan fingerprint density at radius 2 is 1.91 bits per heavy atom. The maximum atomic E-state index is 13.7. The Balaban J connectivity index is 1.34. The lowest BCUT2D eigenvalue weighted by Crippen LogP contribution is -2.51. The van der Waals surface area contributed by atoms with Gasteiger partial charge >= 0.3 is 6.03 Å². The molecular weight excluding hydrogens is 411 g/mol. The first-order valence-electron chi connectivity index (χ1n) is 10.5. The van der Waals surface area contributed by atoms with Crippen molar-refractivity contribution < 1.29 is 13.9 Å². The number of hydrogen-bond acceptors (Lipinski definition) is 5. The smallest absolute Gasteiger partial charge is 0.317 e. The van der Waals surface area contributed by atoms with E-state index in [1.807, 2.05) is 31.2 Å². The Kier molecular flexibility index (Phi) is 6.25. The number of rotatable bonds is 5. The van der Waals surface area contributed by atoms with E-state index in [0.29, 0.717) is 49.9 Å². The second-order valence-electron chi connectivity index (χ2n) is 7.81. The third kappa shape index (κ3) is 4.66. The van der Waals surface area contributed by atoms with Gasteiger partial charge in [0.25, 0.3) is 0 Å². The van der Waals surface area contributed by atoms with Gasteiger partial charge in [-0.25, -0.2) is 18.9 Å². The number of methoxy groups -OCH3 is 1. The average molecular weight is 439 g/mol. The number of hydrogen-bond donors (Lipinski definition) is 1. The van der Waals surface area contributed by atoms with Crippen LogP contribution in [0.2, 0.25) is 0 Å². The van der Waals surface area contributed by atoms with Crippen molar-refractivity contribution >= 4 is 11.7 Å². The monoisotopic (exact) mass is 438 g/mol. The van der Waals surface area contributed by atoms with E-state index in [9.17, 15) is 9.18 Å². The van der Waals surface area contributed by atoms with E-state index in [2.05, 4.69) is 20.3 Å². The quantitative estimate of drug-likeness (QED) is 0.663. The number of aryl methyl sites for hydroxylation is 2. The summed E-state index contributed by atoms with van der Waals surface area (Å²) in [5.41, 5.74) is 3.19. The number of carbonyl (C=O) groups is 1. The van der Waals surface area contributed by atoms with Gasteiger partial charge in [-0.05, 0) is 43.2 Å². The van der Waals surface area contributed by atoms with Crippen LogP contribution in [0.25, 0.3) is 5.69 Å². The molecule has 0 radical (unpaired) electrons. The van der Waals surface area contributed by atoms with Crippen molar-refractivity contribution in [3.63, 3.8) is 0 Å². The highest BCUT2D eigenvalue weighted by molar-refractivity contribution is 5.74. The highest BCUT2D eigenvalue weighted by Crippen LogP contribution is 2.28. The van der Waals surface area contributed by atoms with Gasteiger partial charge in [0.1, 0.15) is 29.4 Å². The number of anilines is 1. The molecule has 0 spiro atoms. The van der Waals surface area contributed by atoms with Crippen LogP contribution in [0.5, 0.6) is 5.75 Å². The number of piperazine rings is 1. The number of urea groups is 1. The minimum Gasteiger partial charge on any atom is -0.494 e. The third-order valence-electron chi connectivity index (χ3n) is 5.63. The minimum atomic E-state index is -0.259. The Morgan fingerprint density at radius 3 is 2.56 bits per heavy atom. The van der Waals surface area contributed by atoms with E-state index >= 15 is 0 Å². The Bertz CT molecular complexity index is 1110. The second kappa shape index (κ2) is 9.25. The van der Waals surface area contributed by atoms with Crippen LogP contribution in [0.15, 0.2) is 42.7 Å². The fraction of sp³-hybridized carbons (Fsp3) is 0.348. The molecule has 0 atom stereocenters. The van der Waals surface area contributed by atoms with Crippen molar-refractivity contribution in [3.8, 4) is 11.4 Å².